The van der Waals surface area contributed by atoms with Crippen LogP contribution >= 0.6 is 23.4 Å². The molecule has 0 radical (unpaired) electrons. The Bertz CT molecular complexity index is 460. The highest BCUT2D eigenvalue weighted by Gasteiger charge is 2.17. The van der Waals surface area contributed by atoms with Gasteiger partial charge < -0.3 is 4.74 Å². The van der Waals surface area contributed by atoms with E-state index in [1.807, 2.05) is 0 Å². The fourth-order valence-electron chi connectivity index (χ4n) is 1.07. The fraction of sp³-hybridized carbons (Fsp3) is 0.455. The van der Waals surface area contributed by atoms with Gasteiger partial charge in [0.05, 0.1) is 11.3 Å². The van der Waals surface area contributed by atoms with E-state index in [1.165, 1.54) is 6.33 Å². The summed E-state index contributed by atoms with van der Waals surface area (Å²) in [4.78, 5) is 29.9. The van der Waals surface area contributed by atoms with E-state index in [0.717, 1.165) is 11.8 Å². The summed E-state index contributed by atoms with van der Waals surface area (Å²) in [5.41, 5.74) is -0.346. The lowest BCUT2D eigenvalue weighted by Crippen LogP contribution is -2.25. The van der Waals surface area contributed by atoms with Gasteiger partial charge in [-0.25, -0.2) is 9.97 Å². The number of aldehydes is 1. The van der Waals surface area contributed by atoms with E-state index >= 15 is 0 Å². The number of hydrogen-bond acceptors (Lipinski definition) is 6. The van der Waals surface area contributed by atoms with Crippen molar-refractivity contribution in [3.8, 4) is 0 Å². The van der Waals surface area contributed by atoms with Gasteiger partial charge in [0.15, 0.2) is 6.29 Å². The highest BCUT2D eigenvalue weighted by atomic mass is 35.5. The molecule has 0 bridgehead atoms. The SMILES string of the molecule is CC(C)(C)OC(=O)CSc1ncnc(Cl)c1C=O. The molecule has 0 saturated carbocycles. The zero-order chi connectivity index (χ0) is 13.8. The molecule has 0 N–H and O–H groups in total. The maximum atomic E-state index is 11.5. The van der Waals surface area contributed by atoms with Gasteiger partial charge in [-0.2, -0.15) is 0 Å². The van der Waals surface area contributed by atoms with Gasteiger partial charge in [0.25, 0.3) is 0 Å². The quantitative estimate of drug-likeness (QED) is 0.367. The van der Waals surface area contributed by atoms with Gasteiger partial charge >= 0.3 is 5.97 Å². The first kappa shape index (κ1) is 14.9. The average Bonchev–Trinajstić information content (AvgIpc) is 2.24. The molecule has 0 amide bonds. The van der Waals surface area contributed by atoms with Crippen LogP contribution in [0.3, 0.4) is 0 Å². The van der Waals surface area contributed by atoms with Gasteiger partial charge in [0.1, 0.15) is 22.1 Å². The van der Waals surface area contributed by atoms with Crippen molar-refractivity contribution in [2.75, 3.05) is 5.75 Å². The van der Waals surface area contributed by atoms with Crippen LogP contribution < -0.4 is 0 Å². The molecule has 0 unspecified atom stereocenters. The monoisotopic (exact) mass is 288 g/mol. The Morgan fingerprint density at radius 1 is 1.50 bits per heavy atom. The summed E-state index contributed by atoms with van der Waals surface area (Å²) >= 11 is 6.83. The zero-order valence-electron chi connectivity index (χ0n) is 10.3. The highest BCUT2D eigenvalue weighted by Crippen LogP contribution is 2.23. The van der Waals surface area contributed by atoms with Crippen molar-refractivity contribution in [3.05, 3.63) is 17.0 Å². The number of carbonyl (C=O) groups is 2. The van der Waals surface area contributed by atoms with Crippen LogP contribution in [0.4, 0.5) is 0 Å². The Labute approximate surface area is 114 Å². The van der Waals surface area contributed by atoms with Crippen molar-refractivity contribution in [3.63, 3.8) is 0 Å². The van der Waals surface area contributed by atoms with Crippen molar-refractivity contribution in [1.29, 1.82) is 0 Å². The third-order valence-electron chi connectivity index (χ3n) is 1.66. The Hall–Kier alpha value is -1.14. The Morgan fingerprint density at radius 2 is 2.17 bits per heavy atom. The maximum absolute atomic E-state index is 11.5. The molecule has 0 atom stereocenters. The molecule has 5 nitrogen and oxygen atoms in total. The molecule has 7 heteroatoms. The smallest absolute Gasteiger partial charge is 0.316 e. The van der Waals surface area contributed by atoms with Crippen molar-refractivity contribution in [2.24, 2.45) is 0 Å². The first-order valence-electron chi connectivity index (χ1n) is 5.14. The highest BCUT2D eigenvalue weighted by molar-refractivity contribution is 8.00. The molecule has 1 rings (SSSR count). The molecule has 0 aromatic carbocycles. The number of esters is 1. The Balaban J connectivity index is 2.67. The van der Waals surface area contributed by atoms with E-state index in [9.17, 15) is 9.59 Å². The number of aromatic nitrogens is 2. The van der Waals surface area contributed by atoms with E-state index < -0.39 is 5.60 Å². The van der Waals surface area contributed by atoms with E-state index in [1.54, 1.807) is 20.8 Å². The minimum Gasteiger partial charge on any atom is -0.459 e. The molecule has 1 aromatic heterocycles. The Morgan fingerprint density at radius 3 is 2.72 bits per heavy atom. The molecule has 98 valence electrons. The van der Waals surface area contributed by atoms with Crippen LogP contribution in [-0.4, -0.2) is 33.6 Å². The summed E-state index contributed by atoms with van der Waals surface area (Å²) in [7, 11) is 0. The first-order chi connectivity index (χ1) is 8.33. The molecule has 0 aliphatic rings. The van der Waals surface area contributed by atoms with Gasteiger partial charge in [-0.05, 0) is 20.8 Å². The molecule has 0 spiro atoms. The van der Waals surface area contributed by atoms with Crippen LogP contribution in [0.2, 0.25) is 5.15 Å². The second kappa shape index (κ2) is 6.15. The summed E-state index contributed by atoms with van der Waals surface area (Å²) in [6.45, 7) is 5.36. The lowest BCUT2D eigenvalue weighted by molar-refractivity contribution is -0.151. The molecule has 18 heavy (non-hydrogen) atoms. The predicted octanol–water partition coefficient (Wildman–Crippen LogP) is 2.38. The summed E-state index contributed by atoms with van der Waals surface area (Å²) in [6, 6.07) is 0. The van der Waals surface area contributed by atoms with Crippen molar-refractivity contribution in [1.82, 2.24) is 9.97 Å². The zero-order valence-corrected chi connectivity index (χ0v) is 11.8. The first-order valence-corrected chi connectivity index (χ1v) is 6.50. The number of halogens is 1. The van der Waals surface area contributed by atoms with Crippen molar-refractivity contribution >= 4 is 35.6 Å². The molecule has 1 aromatic rings. The summed E-state index contributed by atoms with van der Waals surface area (Å²) < 4.78 is 5.14. The standard InChI is InChI=1S/C11H13ClN2O3S/c1-11(2,3)17-8(16)5-18-10-7(4-15)9(12)13-6-14-10/h4,6H,5H2,1-3H3. The Kier molecular flexibility index (Phi) is 5.10. The van der Waals surface area contributed by atoms with E-state index in [-0.39, 0.29) is 22.4 Å². The second-order valence-electron chi connectivity index (χ2n) is 4.38. The summed E-state index contributed by atoms with van der Waals surface area (Å²) in [6.07, 6.45) is 1.81. The van der Waals surface area contributed by atoms with Gasteiger partial charge in [0, 0.05) is 0 Å². The fourth-order valence-corrected chi connectivity index (χ4v) is 2.04. The van der Waals surface area contributed by atoms with E-state index in [4.69, 9.17) is 16.3 Å². The summed E-state index contributed by atoms with van der Waals surface area (Å²) in [5, 5.41) is 0.447. The topological polar surface area (TPSA) is 69.2 Å². The van der Waals surface area contributed by atoms with Crippen LogP contribution in [0.15, 0.2) is 11.4 Å². The average molecular weight is 289 g/mol. The van der Waals surface area contributed by atoms with E-state index in [2.05, 4.69) is 9.97 Å². The second-order valence-corrected chi connectivity index (χ2v) is 5.70. The van der Waals surface area contributed by atoms with Crippen molar-refractivity contribution in [2.45, 2.75) is 31.4 Å². The number of rotatable bonds is 4. The van der Waals surface area contributed by atoms with E-state index in [0.29, 0.717) is 11.3 Å². The van der Waals surface area contributed by atoms with Gasteiger partial charge in [0.2, 0.25) is 0 Å². The molecule has 0 aliphatic heterocycles. The minimum atomic E-state index is -0.533. The lowest BCUT2D eigenvalue weighted by atomic mass is 10.2. The number of carbonyl (C=O) groups excluding carboxylic acids is 2. The van der Waals surface area contributed by atoms with Crippen LogP contribution in [0.1, 0.15) is 31.1 Å². The minimum absolute atomic E-state index is 0.0610. The van der Waals surface area contributed by atoms with Crippen molar-refractivity contribution < 1.29 is 14.3 Å². The van der Waals surface area contributed by atoms with Crippen LogP contribution in [0.5, 0.6) is 0 Å². The normalized spacial score (nSPS) is 11.1. The lowest BCUT2D eigenvalue weighted by Gasteiger charge is -2.19. The molecular weight excluding hydrogens is 276 g/mol. The molecule has 0 fully saturated rings. The predicted molar refractivity (Wildman–Crippen MR) is 69.0 cm³/mol. The third-order valence-corrected chi connectivity index (χ3v) is 2.94. The third kappa shape index (κ3) is 4.62. The number of ether oxygens (including phenoxy) is 1. The van der Waals surface area contributed by atoms with Gasteiger partial charge in [-0.15, -0.1) is 0 Å². The van der Waals surface area contributed by atoms with Crippen LogP contribution in [-0.2, 0) is 9.53 Å². The van der Waals surface area contributed by atoms with Gasteiger partial charge in [-0.3, -0.25) is 9.59 Å². The molecule has 1 heterocycles. The molecular formula is C11H13ClN2O3S. The molecule has 0 aliphatic carbocycles. The molecule has 0 saturated heterocycles. The number of hydrogen-bond donors (Lipinski definition) is 0. The number of nitrogens with zero attached hydrogens (tertiary/aromatic N) is 2. The van der Waals surface area contributed by atoms with Crippen LogP contribution in [0, 0.1) is 0 Å². The number of thioether (sulfide) groups is 1. The largest absolute Gasteiger partial charge is 0.459 e. The maximum Gasteiger partial charge on any atom is 0.316 e. The summed E-state index contributed by atoms with van der Waals surface area (Å²) in [5.74, 6) is -0.315. The van der Waals surface area contributed by atoms with Gasteiger partial charge in [-0.1, -0.05) is 23.4 Å². The van der Waals surface area contributed by atoms with Crippen LogP contribution in [0.25, 0.3) is 0 Å².